The van der Waals surface area contributed by atoms with Crippen LogP contribution in [-0.2, 0) is 4.74 Å². The van der Waals surface area contributed by atoms with Crippen molar-refractivity contribution < 1.29 is 4.74 Å². The molecule has 82 valence electrons. The molecule has 15 heavy (non-hydrogen) atoms. The van der Waals surface area contributed by atoms with Crippen molar-refractivity contribution in [3.8, 4) is 0 Å². The Morgan fingerprint density at radius 2 is 2.13 bits per heavy atom. The summed E-state index contributed by atoms with van der Waals surface area (Å²) in [6, 6.07) is 10.8. The van der Waals surface area contributed by atoms with Gasteiger partial charge in [-0.1, -0.05) is 0 Å². The Morgan fingerprint density at radius 1 is 1.33 bits per heavy atom. The number of hydrogen-bond acceptors (Lipinski definition) is 1. The van der Waals surface area contributed by atoms with Gasteiger partial charge in [0, 0.05) is 0 Å². The van der Waals surface area contributed by atoms with E-state index in [9.17, 15) is 0 Å². The molecule has 0 N–H and O–H groups in total. The van der Waals surface area contributed by atoms with Crippen LogP contribution in [0.15, 0.2) is 30.3 Å². The van der Waals surface area contributed by atoms with Crippen molar-refractivity contribution in [1.29, 1.82) is 0 Å². The van der Waals surface area contributed by atoms with Crippen LogP contribution in [0.3, 0.4) is 0 Å². The predicted octanol–water partition coefficient (Wildman–Crippen LogP) is 2.25. The topological polar surface area (TPSA) is 9.23 Å². The van der Waals surface area contributed by atoms with E-state index in [-0.39, 0.29) is 0 Å². The first kappa shape index (κ1) is 11.2. The third-order valence-electron chi connectivity index (χ3n) is 2.93. The van der Waals surface area contributed by atoms with Gasteiger partial charge in [-0.3, -0.25) is 0 Å². The van der Waals surface area contributed by atoms with Crippen molar-refractivity contribution in [2.24, 2.45) is 5.92 Å². The zero-order chi connectivity index (χ0) is 10.5. The van der Waals surface area contributed by atoms with E-state index < -0.39 is 0 Å². The standard InChI is InChI=1S/C13H18OSe/c1-11-6-5-9-14-13(11)10-15-12-7-3-2-4-8-12/h2-4,7-8,11,13H,5-6,9-10H2,1H3/t11-,13+/m1/s1. The summed E-state index contributed by atoms with van der Waals surface area (Å²) in [7, 11) is 0. The SMILES string of the molecule is C[C@@H]1CCCO[C@H]1C[Se]c1ccccc1. The molecule has 2 atom stereocenters. The van der Waals surface area contributed by atoms with E-state index in [0.29, 0.717) is 21.1 Å². The van der Waals surface area contributed by atoms with Crippen LogP contribution in [0.25, 0.3) is 0 Å². The van der Waals surface area contributed by atoms with E-state index >= 15 is 0 Å². The summed E-state index contributed by atoms with van der Waals surface area (Å²) in [5.74, 6) is 0.754. The van der Waals surface area contributed by atoms with Gasteiger partial charge in [0.1, 0.15) is 0 Å². The van der Waals surface area contributed by atoms with Crippen LogP contribution in [0.4, 0.5) is 0 Å². The van der Waals surface area contributed by atoms with Gasteiger partial charge in [0.05, 0.1) is 0 Å². The summed E-state index contributed by atoms with van der Waals surface area (Å²) in [6.45, 7) is 3.30. The molecule has 1 nitrogen and oxygen atoms in total. The number of benzene rings is 1. The Balaban J connectivity index is 1.82. The zero-order valence-corrected chi connectivity index (χ0v) is 10.9. The van der Waals surface area contributed by atoms with Crippen molar-refractivity contribution in [3.63, 3.8) is 0 Å². The third kappa shape index (κ3) is 3.34. The second kappa shape index (κ2) is 5.69. The molecule has 1 aliphatic rings. The van der Waals surface area contributed by atoms with E-state index in [2.05, 4.69) is 37.3 Å². The molecule has 2 rings (SSSR count). The minimum absolute atomic E-state index is 0.513. The summed E-state index contributed by atoms with van der Waals surface area (Å²) in [6.07, 6.45) is 3.10. The summed E-state index contributed by atoms with van der Waals surface area (Å²) in [4.78, 5) is 0. The summed E-state index contributed by atoms with van der Waals surface area (Å²) in [5.41, 5.74) is 0. The first-order valence-corrected chi connectivity index (χ1v) is 7.72. The van der Waals surface area contributed by atoms with Gasteiger partial charge >= 0.3 is 98.2 Å². The molecule has 1 aromatic carbocycles. The first-order valence-electron chi connectivity index (χ1n) is 5.66. The van der Waals surface area contributed by atoms with Crippen molar-refractivity contribution in [1.82, 2.24) is 0 Å². The van der Waals surface area contributed by atoms with E-state index in [4.69, 9.17) is 4.74 Å². The Kier molecular flexibility index (Phi) is 4.25. The van der Waals surface area contributed by atoms with Gasteiger partial charge in [-0.25, -0.2) is 0 Å². The number of ether oxygens (including phenoxy) is 1. The van der Waals surface area contributed by atoms with Crippen LogP contribution < -0.4 is 4.46 Å². The molecule has 0 spiro atoms. The molecule has 0 bridgehead atoms. The average molecular weight is 269 g/mol. The second-order valence-electron chi connectivity index (χ2n) is 4.15. The van der Waals surface area contributed by atoms with E-state index in [1.165, 1.54) is 22.6 Å². The molecule has 1 saturated heterocycles. The average Bonchev–Trinajstić information content (AvgIpc) is 2.29. The van der Waals surface area contributed by atoms with Crippen LogP contribution in [-0.4, -0.2) is 27.7 Å². The molecule has 1 aliphatic heterocycles. The van der Waals surface area contributed by atoms with E-state index in [1.54, 1.807) is 0 Å². The van der Waals surface area contributed by atoms with Crippen LogP contribution >= 0.6 is 0 Å². The van der Waals surface area contributed by atoms with Crippen LogP contribution in [0.2, 0.25) is 5.32 Å². The van der Waals surface area contributed by atoms with Crippen molar-refractivity contribution >= 4 is 19.4 Å². The van der Waals surface area contributed by atoms with Gasteiger partial charge in [0.15, 0.2) is 0 Å². The molecule has 0 aromatic heterocycles. The predicted molar refractivity (Wildman–Crippen MR) is 64.8 cm³/mol. The van der Waals surface area contributed by atoms with E-state index in [1.807, 2.05) is 0 Å². The molecule has 0 unspecified atom stereocenters. The molecular weight excluding hydrogens is 251 g/mol. The molecule has 1 aromatic rings. The van der Waals surface area contributed by atoms with Gasteiger partial charge in [0.2, 0.25) is 0 Å². The van der Waals surface area contributed by atoms with Crippen molar-refractivity contribution in [2.45, 2.75) is 31.2 Å². The zero-order valence-electron chi connectivity index (χ0n) is 9.19. The van der Waals surface area contributed by atoms with Gasteiger partial charge in [-0.15, -0.1) is 0 Å². The number of hydrogen-bond donors (Lipinski definition) is 0. The third-order valence-corrected chi connectivity index (χ3v) is 5.24. The Hall–Kier alpha value is -0.301. The molecule has 0 saturated carbocycles. The molecule has 1 heterocycles. The fourth-order valence-corrected chi connectivity index (χ4v) is 4.27. The molecular formula is C13H18OSe. The first-order chi connectivity index (χ1) is 7.36. The summed E-state index contributed by atoms with van der Waals surface area (Å²) < 4.78 is 7.32. The summed E-state index contributed by atoms with van der Waals surface area (Å²) in [5, 5.41) is 1.23. The van der Waals surface area contributed by atoms with Gasteiger partial charge in [0.25, 0.3) is 0 Å². The van der Waals surface area contributed by atoms with Crippen LogP contribution in [0.1, 0.15) is 19.8 Å². The van der Waals surface area contributed by atoms with Crippen LogP contribution in [0.5, 0.6) is 0 Å². The Morgan fingerprint density at radius 3 is 2.87 bits per heavy atom. The molecule has 0 aliphatic carbocycles. The monoisotopic (exact) mass is 270 g/mol. The normalized spacial score (nSPS) is 26.5. The van der Waals surface area contributed by atoms with Crippen molar-refractivity contribution in [2.75, 3.05) is 6.61 Å². The second-order valence-corrected chi connectivity index (χ2v) is 6.45. The number of rotatable bonds is 3. The minimum atomic E-state index is 0.513. The van der Waals surface area contributed by atoms with Crippen LogP contribution in [0, 0.1) is 5.92 Å². The molecule has 0 radical (unpaired) electrons. The van der Waals surface area contributed by atoms with Crippen molar-refractivity contribution in [3.05, 3.63) is 30.3 Å². The molecule has 0 amide bonds. The maximum atomic E-state index is 5.83. The fourth-order valence-electron chi connectivity index (χ4n) is 1.90. The molecule has 1 fully saturated rings. The van der Waals surface area contributed by atoms with Gasteiger partial charge in [-0.2, -0.15) is 0 Å². The quantitative estimate of drug-likeness (QED) is 0.765. The van der Waals surface area contributed by atoms with Gasteiger partial charge in [-0.05, 0) is 0 Å². The fraction of sp³-hybridized carbons (Fsp3) is 0.538. The maximum absolute atomic E-state index is 5.83. The molecule has 2 heteroatoms. The van der Waals surface area contributed by atoms with E-state index in [0.717, 1.165) is 12.5 Å². The summed E-state index contributed by atoms with van der Waals surface area (Å²) >= 11 is 0.581. The Labute approximate surface area is 98.4 Å². The van der Waals surface area contributed by atoms with Gasteiger partial charge < -0.3 is 0 Å². The Bertz CT molecular complexity index is 286.